The van der Waals surface area contributed by atoms with Crippen LogP contribution < -0.4 is 4.74 Å². The second kappa shape index (κ2) is 7.73. The van der Waals surface area contributed by atoms with Gasteiger partial charge in [-0.25, -0.2) is 4.98 Å². The van der Waals surface area contributed by atoms with Gasteiger partial charge in [-0.3, -0.25) is 0 Å². The van der Waals surface area contributed by atoms with Crippen LogP contribution in [0.3, 0.4) is 0 Å². The molecule has 4 heteroatoms. The molecule has 4 nitrogen and oxygen atoms in total. The van der Waals surface area contributed by atoms with Gasteiger partial charge in [0, 0.05) is 29.6 Å². The molecule has 1 aromatic carbocycles. The van der Waals surface area contributed by atoms with E-state index in [0.29, 0.717) is 0 Å². The van der Waals surface area contributed by atoms with Gasteiger partial charge in [0.05, 0.1) is 12.3 Å². The summed E-state index contributed by atoms with van der Waals surface area (Å²) in [6.45, 7) is 9.82. The van der Waals surface area contributed by atoms with Crippen LogP contribution in [0.2, 0.25) is 0 Å². The van der Waals surface area contributed by atoms with E-state index in [-0.39, 0.29) is 0 Å². The zero-order valence-corrected chi connectivity index (χ0v) is 16.6. The number of benzene rings is 1. The minimum atomic E-state index is 0.745. The molecule has 4 heterocycles. The summed E-state index contributed by atoms with van der Waals surface area (Å²) in [5, 5.41) is 0. The Labute approximate surface area is 161 Å². The lowest BCUT2D eigenvalue weighted by molar-refractivity contribution is -0.00222. The van der Waals surface area contributed by atoms with E-state index in [1.807, 2.05) is 18.3 Å². The van der Waals surface area contributed by atoms with E-state index in [1.54, 1.807) is 0 Å². The zero-order chi connectivity index (χ0) is 18.8. The molecule has 3 aromatic rings. The molecule has 0 atom stereocenters. The number of hydrogen-bond donors (Lipinski definition) is 0. The van der Waals surface area contributed by atoms with Gasteiger partial charge in [0.1, 0.15) is 11.4 Å². The van der Waals surface area contributed by atoms with Crippen LogP contribution >= 0.6 is 0 Å². The Balaban J connectivity index is 0.000000250. The van der Waals surface area contributed by atoms with Crippen molar-refractivity contribution in [2.75, 3.05) is 19.7 Å². The van der Waals surface area contributed by atoms with E-state index in [4.69, 9.17) is 9.72 Å². The van der Waals surface area contributed by atoms with Crippen LogP contribution in [0.15, 0.2) is 42.7 Å². The van der Waals surface area contributed by atoms with E-state index < -0.39 is 0 Å². The fourth-order valence-corrected chi connectivity index (χ4v) is 3.72. The average Bonchev–Trinajstić information content (AvgIpc) is 3.07. The van der Waals surface area contributed by atoms with Gasteiger partial charge in [0.25, 0.3) is 0 Å². The molecule has 2 aliphatic rings. The first kappa shape index (κ1) is 18.1. The Morgan fingerprint density at radius 1 is 1.15 bits per heavy atom. The lowest BCUT2D eigenvalue weighted by Crippen LogP contribution is -2.57. The Bertz CT molecular complexity index is 913. The third-order valence-corrected chi connectivity index (χ3v) is 5.65. The lowest BCUT2D eigenvalue weighted by Gasteiger charge is -2.50. The molecular formula is C23H29N3O. The summed E-state index contributed by atoms with van der Waals surface area (Å²) >= 11 is 0. The molecule has 2 saturated heterocycles. The quantitative estimate of drug-likeness (QED) is 0.662. The van der Waals surface area contributed by atoms with Gasteiger partial charge < -0.3 is 14.0 Å². The molecule has 0 amide bonds. The Morgan fingerprint density at radius 2 is 1.93 bits per heavy atom. The standard InChI is InChI=1S/C18H20N2O.C5H9N/c1-4-10-21-17-7-5-6-15(14(17)3)16-12-20-9-8-13(2)11-18(20)19-16;1-3-6-4-2-5(1)6/h5-9,11-12H,4,10H2,1-3H3;5H,1-4H2. The molecule has 0 unspecified atom stereocenters. The summed E-state index contributed by atoms with van der Waals surface area (Å²) in [7, 11) is 0. The summed E-state index contributed by atoms with van der Waals surface area (Å²) < 4.78 is 7.86. The summed E-state index contributed by atoms with van der Waals surface area (Å²) in [5.41, 5.74) is 5.46. The molecule has 5 rings (SSSR count). The normalized spacial score (nSPS) is 16.1. The summed E-state index contributed by atoms with van der Waals surface area (Å²) in [6, 6.07) is 11.4. The topological polar surface area (TPSA) is 29.8 Å². The predicted octanol–water partition coefficient (Wildman–Crippen LogP) is 4.87. The van der Waals surface area contributed by atoms with Crippen molar-refractivity contribution in [3.8, 4) is 17.0 Å². The molecule has 2 fully saturated rings. The molecule has 0 aliphatic carbocycles. The van der Waals surface area contributed by atoms with Crippen LogP contribution in [0, 0.1) is 13.8 Å². The maximum atomic E-state index is 5.81. The molecule has 0 saturated carbocycles. The number of aryl methyl sites for hydroxylation is 1. The van der Waals surface area contributed by atoms with E-state index in [1.165, 1.54) is 31.5 Å². The first-order chi connectivity index (χ1) is 13.2. The fraction of sp³-hybridized carbons (Fsp3) is 0.435. The number of fused-ring (bicyclic) bond motifs is 2. The number of aromatic nitrogens is 2. The Hall–Kier alpha value is -2.33. The van der Waals surface area contributed by atoms with Crippen molar-refractivity contribution in [1.29, 1.82) is 0 Å². The largest absolute Gasteiger partial charge is 0.493 e. The zero-order valence-electron chi connectivity index (χ0n) is 16.6. The number of rotatable bonds is 4. The highest BCUT2D eigenvalue weighted by molar-refractivity contribution is 5.68. The van der Waals surface area contributed by atoms with Crippen molar-refractivity contribution >= 4 is 5.65 Å². The highest BCUT2D eigenvalue weighted by Crippen LogP contribution is 2.30. The van der Waals surface area contributed by atoms with Crippen molar-refractivity contribution in [2.45, 2.75) is 46.1 Å². The van der Waals surface area contributed by atoms with Crippen molar-refractivity contribution < 1.29 is 4.74 Å². The monoisotopic (exact) mass is 363 g/mol. The molecular weight excluding hydrogens is 334 g/mol. The molecule has 2 aliphatic heterocycles. The van der Waals surface area contributed by atoms with Gasteiger partial charge in [-0.15, -0.1) is 0 Å². The highest BCUT2D eigenvalue weighted by Gasteiger charge is 2.34. The minimum absolute atomic E-state index is 0.745. The van der Waals surface area contributed by atoms with E-state index in [0.717, 1.165) is 47.3 Å². The number of pyridine rings is 1. The highest BCUT2D eigenvalue weighted by atomic mass is 16.5. The lowest BCUT2D eigenvalue weighted by atomic mass is 9.91. The van der Waals surface area contributed by atoms with Crippen LogP contribution in [0.25, 0.3) is 16.9 Å². The maximum absolute atomic E-state index is 5.81. The summed E-state index contributed by atoms with van der Waals surface area (Å²) in [5.74, 6) is 0.947. The first-order valence-corrected chi connectivity index (χ1v) is 10.1. The average molecular weight is 364 g/mol. The second-order valence-corrected chi connectivity index (χ2v) is 7.64. The number of hydrogen-bond acceptors (Lipinski definition) is 3. The van der Waals surface area contributed by atoms with Gasteiger partial charge >= 0.3 is 0 Å². The first-order valence-electron chi connectivity index (χ1n) is 10.1. The van der Waals surface area contributed by atoms with Crippen LogP contribution in [-0.4, -0.2) is 40.0 Å². The SMILES string of the molecule is C1CN2CCC12.CCCOc1cccc(-c2cn3ccc(C)cc3n2)c1C. The molecule has 27 heavy (non-hydrogen) atoms. The van der Waals surface area contributed by atoms with Gasteiger partial charge in [0.15, 0.2) is 0 Å². The number of nitrogens with zero attached hydrogens (tertiary/aromatic N) is 3. The Morgan fingerprint density at radius 3 is 2.56 bits per heavy atom. The fourth-order valence-electron chi connectivity index (χ4n) is 3.72. The second-order valence-electron chi connectivity index (χ2n) is 7.64. The maximum Gasteiger partial charge on any atom is 0.137 e. The number of ether oxygens (including phenoxy) is 1. The summed E-state index contributed by atoms with van der Waals surface area (Å²) in [4.78, 5) is 7.26. The van der Waals surface area contributed by atoms with Crippen molar-refractivity contribution in [3.05, 3.63) is 53.9 Å². The van der Waals surface area contributed by atoms with E-state index in [2.05, 4.69) is 54.5 Å². The molecule has 0 spiro atoms. The van der Waals surface area contributed by atoms with Gasteiger partial charge in [0.2, 0.25) is 0 Å². The van der Waals surface area contributed by atoms with Crippen LogP contribution in [0.4, 0.5) is 0 Å². The third-order valence-electron chi connectivity index (χ3n) is 5.65. The minimum Gasteiger partial charge on any atom is -0.493 e. The van der Waals surface area contributed by atoms with E-state index >= 15 is 0 Å². The van der Waals surface area contributed by atoms with Gasteiger partial charge in [-0.1, -0.05) is 19.1 Å². The van der Waals surface area contributed by atoms with Crippen molar-refractivity contribution in [1.82, 2.24) is 14.3 Å². The van der Waals surface area contributed by atoms with Crippen molar-refractivity contribution in [3.63, 3.8) is 0 Å². The summed E-state index contributed by atoms with van der Waals surface area (Å²) in [6.07, 6.45) is 8.10. The molecule has 0 bridgehead atoms. The van der Waals surface area contributed by atoms with Crippen LogP contribution in [-0.2, 0) is 0 Å². The van der Waals surface area contributed by atoms with Crippen LogP contribution in [0.1, 0.15) is 37.3 Å². The van der Waals surface area contributed by atoms with Gasteiger partial charge in [-0.2, -0.15) is 0 Å². The molecule has 0 N–H and O–H groups in total. The van der Waals surface area contributed by atoms with E-state index in [9.17, 15) is 0 Å². The Kier molecular flexibility index (Phi) is 5.17. The third kappa shape index (κ3) is 3.72. The van der Waals surface area contributed by atoms with Gasteiger partial charge in [-0.05, 0) is 70.0 Å². The molecule has 142 valence electrons. The number of piperidine rings is 1. The van der Waals surface area contributed by atoms with Crippen LogP contribution in [0.5, 0.6) is 5.75 Å². The van der Waals surface area contributed by atoms with Crippen molar-refractivity contribution in [2.24, 2.45) is 0 Å². The smallest absolute Gasteiger partial charge is 0.137 e. The predicted molar refractivity (Wildman–Crippen MR) is 110 cm³/mol. The molecule has 2 aromatic heterocycles. The number of imidazole rings is 1. The molecule has 0 radical (unpaired) electrons.